The molecule has 62 valence electrons. The largest absolute Gasteiger partial charge is 0.422 e. The predicted molar refractivity (Wildman–Crippen MR) is 44.6 cm³/mol. The molecule has 1 heterocycles. The summed E-state index contributed by atoms with van der Waals surface area (Å²) in [5.74, 6) is 0. The average molecular weight is 164 g/mol. The van der Waals surface area contributed by atoms with Crippen molar-refractivity contribution in [3.05, 3.63) is 24.3 Å². The van der Waals surface area contributed by atoms with Crippen LogP contribution < -0.4 is 5.48 Å². The van der Waals surface area contributed by atoms with E-state index in [0.29, 0.717) is 6.01 Å². The van der Waals surface area contributed by atoms with Crippen molar-refractivity contribution in [3.8, 4) is 0 Å². The summed E-state index contributed by atoms with van der Waals surface area (Å²) in [6.45, 7) is 0. The number of oxazole rings is 1. The van der Waals surface area contributed by atoms with Crippen LogP contribution >= 0.6 is 0 Å². The Kier molecular flexibility index (Phi) is 1.68. The van der Waals surface area contributed by atoms with E-state index in [1.807, 2.05) is 24.3 Å². The fraction of sp³-hybridized carbons (Fsp3) is 0.125. The highest BCUT2D eigenvalue weighted by molar-refractivity contribution is 5.73. The molecule has 1 N–H and O–H groups in total. The normalized spacial score (nSPS) is 10.4. The summed E-state index contributed by atoms with van der Waals surface area (Å²) in [6, 6.07) is 7.90. The molecule has 0 aliphatic carbocycles. The summed E-state index contributed by atoms with van der Waals surface area (Å²) in [5, 5.41) is 0. The fourth-order valence-electron chi connectivity index (χ4n) is 1.00. The predicted octanol–water partition coefficient (Wildman–Crippen LogP) is 1.80. The number of rotatable bonds is 2. The summed E-state index contributed by atoms with van der Waals surface area (Å²) < 4.78 is 5.26. The lowest BCUT2D eigenvalue weighted by Crippen LogP contribution is -1.94. The first-order valence-corrected chi connectivity index (χ1v) is 3.55. The zero-order chi connectivity index (χ0) is 8.39. The Labute approximate surface area is 69.1 Å². The highest BCUT2D eigenvalue weighted by Gasteiger charge is 2.02. The second-order valence-electron chi connectivity index (χ2n) is 2.29. The zero-order valence-electron chi connectivity index (χ0n) is 6.57. The molecule has 1 aromatic heterocycles. The van der Waals surface area contributed by atoms with Gasteiger partial charge in [0.2, 0.25) is 0 Å². The quantitative estimate of drug-likeness (QED) is 0.687. The van der Waals surface area contributed by atoms with Gasteiger partial charge in [-0.1, -0.05) is 12.1 Å². The molecule has 4 heteroatoms. The molecule has 2 aromatic rings. The number of hydrogen-bond acceptors (Lipinski definition) is 4. The van der Waals surface area contributed by atoms with Crippen molar-refractivity contribution in [2.24, 2.45) is 0 Å². The minimum absolute atomic E-state index is 0.374. The monoisotopic (exact) mass is 164 g/mol. The van der Waals surface area contributed by atoms with E-state index >= 15 is 0 Å². The standard InChI is InChI=1S/C8H8N2O2/c1-11-10-8-9-6-4-2-3-5-7(6)12-8/h2-5H,1H3,(H,9,10). The summed E-state index contributed by atoms with van der Waals surface area (Å²) in [6.07, 6.45) is 0. The molecular formula is C8H8N2O2. The molecule has 0 aliphatic heterocycles. The summed E-state index contributed by atoms with van der Waals surface area (Å²) >= 11 is 0. The van der Waals surface area contributed by atoms with E-state index in [1.54, 1.807) is 0 Å². The van der Waals surface area contributed by atoms with E-state index < -0.39 is 0 Å². The van der Waals surface area contributed by atoms with Crippen molar-refractivity contribution in [1.82, 2.24) is 4.98 Å². The lowest BCUT2D eigenvalue weighted by atomic mass is 10.3. The topological polar surface area (TPSA) is 47.3 Å². The second-order valence-corrected chi connectivity index (χ2v) is 2.29. The van der Waals surface area contributed by atoms with E-state index in [-0.39, 0.29) is 0 Å². The van der Waals surface area contributed by atoms with Crippen LogP contribution in [0.1, 0.15) is 0 Å². The maximum Gasteiger partial charge on any atom is 0.320 e. The summed E-state index contributed by atoms with van der Waals surface area (Å²) in [4.78, 5) is 8.75. The van der Waals surface area contributed by atoms with Crippen LogP contribution in [-0.2, 0) is 4.84 Å². The van der Waals surface area contributed by atoms with E-state index in [0.717, 1.165) is 11.1 Å². The van der Waals surface area contributed by atoms with E-state index in [4.69, 9.17) is 4.42 Å². The van der Waals surface area contributed by atoms with Gasteiger partial charge in [0, 0.05) is 0 Å². The maximum atomic E-state index is 5.26. The SMILES string of the molecule is CONc1nc2ccccc2o1. The maximum absolute atomic E-state index is 5.26. The molecule has 0 bridgehead atoms. The van der Waals surface area contributed by atoms with E-state index in [1.165, 1.54) is 7.11 Å². The number of aromatic nitrogens is 1. The first-order valence-electron chi connectivity index (χ1n) is 3.55. The van der Waals surface area contributed by atoms with Gasteiger partial charge in [-0.05, 0) is 12.1 Å². The number of hydrogen-bond donors (Lipinski definition) is 1. The van der Waals surface area contributed by atoms with E-state index in [2.05, 4.69) is 15.3 Å². The van der Waals surface area contributed by atoms with Crippen LogP contribution in [-0.4, -0.2) is 12.1 Å². The van der Waals surface area contributed by atoms with Gasteiger partial charge in [0.25, 0.3) is 0 Å². The molecular weight excluding hydrogens is 156 g/mol. The molecule has 0 unspecified atom stereocenters. The van der Waals surface area contributed by atoms with Crippen LogP contribution in [0.2, 0.25) is 0 Å². The van der Waals surface area contributed by atoms with Crippen LogP contribution in [0, 0.1) is 0 Å². The Balaban J connectivity index is 2.47. The van der Waals surface area contributed by atoms with Gasteiger partial charge in [-0.2, -0.15) is 4.98 Å². The number of nitrogens with one attached hydrogen (secondary N) is 1. The number of nitrogens with zero attached hydrogens (tertiary/aromatic N) is 1. The van der Waals surface area contributed by atoms with Gasteiger partial charge in [-0.15, -0.1) is 0 Å². The minimum atomic E-state index is 0.374. The van der Waals surface area contributed by atoms with Gasteiger partial charge >= 0.3 is 6.01 Å². The van der Waals surface area contributed by atoms with Crippen molar-refractivity contribution in [1.29, 1.82) is 0 Å². The molecule has 0 fully saturated rings. The summed E-state index contributed by atoms with van der Waals surface area (Å²) in [7, 11) is 1.51. The Morgan fingerprint density at radius 3 is 3.00 bits per heavy atom. The molecule has 0 aliphatic rings. The van der Waals surface area contributed by atoms with Gasteiger partial charge in [0.05, 0.1) is 7.11 Å². The Morgan fingerprint density at radius 2 is 2.25 bits per heavy atom. The molecule has 1 aromatic carbocycles. The van der Waals surface area contributed by atoms with Crippen LogP contribution in [0.3, 0.4) is 0 Å². The molecule has 0 radical (unpaired) electrons. The highest BCUT2D eigenvalue weighted by atomic mass is 16.6. The third-order valence-corrected chi connectivity index (χ3v) is 1.48. The molecule has 0 saturated heterocycles. The number of anilines is 1. The minimum Gasteiger partial charge on any atom is -0.422 e. The van der Waals surface area contributed by atoms with Gasteiger partial charge in [0.1, 0.15) is 5.52 Å². The van der Waals surface area contributed by atoms with Gasteiger partial charge in [-0.25, -0.2) is 5.48 Å². The third kappa shape index (κ3) is 1.12. The molecule has 4 nitrogen and oxygen atoms in total. The highest BCUT2D eigenvalue weighted by Crippen LogP contribution is 2.17. The Hall–Kier alpha value is -1.55. The van der Waals surface area contributed by atoms with Crippen LogP contribution in [0.25, 0.3) is 11.1 Å². The van der Waals surface area contributed by atoms with Crippen molar-refractivity contribution < 1.29 is 9.25 Å². The molecule has 0 spiro atoms. The van der Waals surface area contributed by atoms with Crippen molar-refractivity contribution in [3.63, 3.8) is 0 Å². The zero-order valence-corrected chi connectivity index (χ0v) is 6.57. The van der Waals surface area contributed by atoms with Gasteiger partial charge < -0.3 is 4.42 Å². The first kappa shape index (κ1) is 7.12. The average Bonchev–Trinajstić information content (AvgIpc) is 2.47. The third-order valence-electron chi connectivity index (χ3n) is 1.48. The molecule has 12 heavy (non-hydrogen) atoms. The van der Waals surface area contributed by atoms with Gasteiger partial charge in [0.15, 0.2) is 5.58 Å². The van der Waals surface area contributed by atoms with Crippen LogP contribution in [0.15, 0.2) is 28.7 Å². The van der Waals surface area contributed by atoms with Crippen molar-refractivity contribution >= 4 is 17.1 Å². The lowest BCUT2D eigenvalue weighted by Gasteiger charge is -1.91. The first-order chi connectivity index (χ1) is 5.90. The lowest BCUT2D eigenvalue weighted by molar-refractivity contribution is 0.256. The molecule has 0 amide bonds. The van der Waals surface area contributed by atoms with E-state index in [9.17, 15) is 0 Å². The Morgan fingerprint density at radius 1 is 1.42 bits per heavy atom. The Bertz CT molecular complexity index is 350. The number of para-hydroxylation sites is 2. The van der Waals surface area contributed by atoms with Crippen LogP contribution in [0.4, 0.5) is 6.01 Å². The fourth-order valence-corrected chi connectivity index (χ4v) is 1.00. The number of fused-ring (bicyclic) bond motifs is 1. The molecule has 0 atom stereocenters. The van der Waals surface area contributed by atoms with Crippen molar-refractivity contribution in [2.45, 2.75) is 0 Å². The molecule has 0 saturated carbocycles. The molecule has 2 rings (SSSR count). The summed E-state index contributed by atoms with van der Waals surface area (Å²) in [5.41, 5.74) is 4.08. The van der Waals surface area contributed by atoms with Crippen LogP contribution in [0.5, 0.6) is 0 Å². The van der Waals surface area contributed by atoms with Crippen molar-refractivity contribution in [2.75, 3.05) is 12.6 Å². The number of benzene rings is 1. The second kappa shape index (κ2) is 2.83. The van der Waals surface area contributed by atoms with Gasteiger partial charge in [-0.3, -0.25) is 4.84 Å². The smallest absolute Gasteiger partial charge is 0.320 e.